The van der Waals surface area contributed by atoms with Gasteiger partial charge in [-0.05, 0) is 63.1 Å². The maximum Gasteiger partial charge on any atom is 0.146 e. The number of hydrogen-bond acceptors (Lipinski definition) is 8. The van der Waals surface area contributed by atoms with Crippen LogP contribution in [0.25, 0.3) is 0 Å². The molecule has 10 heteroatoms. The summed E-state index contributed by atoms with van der Waals surface area (Å²) in [4.78, 5) is 11.1. The molecular weight excluding hydrogens is 509 g/mol. The molecule has 5 atom stereocenters. The Bertz CT molecular complexity index is 1170. The van der Waals surface area contributed by atoms with Gasteiger partial charge in [0.25, 0.3) is 0 Å². The summed E-state index contributed by atoms with van der Waals surface area (Å²) in [6.45, 7) is 6.10. The number of rotatable bonds is 5. The quantitative estimate of drug-likeness (QED) is 0.515. The van der Waals surface area contributed by atoms with Crippen molar-refractivity contribution in [3.63, 3.8) is 0 Å². The van der Waals surface area contributed by atoms with Gasteiger partial charge >= 0.3 is 0 Å². The lowest BCUT2D eigenvalue weighted by Gasteiger charge is -2.53. The van der Waals surface area contributed by atoms with Crippen molar-refractivity contribution >= 4 is 29.0 Å². The van der Waals surface area contributed by atoms with Crippen molar-refractivity contribution in [2.75, 3.05) is 31.1 Å². The number of anilines is 1. The van der Waals surface area contributed by atoms with Crippen LogP contribution < -0.4 is 21.1 Å². The van der Waals surface area contributed by atoms with Gasteiger partial charge in [0.05, 0.1) is 33.9 Å². The van der Waals surface area contributed by atoms with Gasteiger partial charge in [-0.3, -0.25) is 10.4 Å². The summed E-state index contributed by atoms with van der Waals surface area (Å²) in [7, 11) is 0. The smallest absolute Gasteiger partial charge is 0.146 e. The second-order valence-corrected chi connectivity index (χ2v) is 12.0. The molecule has 196 valence electrons. The van der Waals surface area contributed by atoms with Gasteiger partial charge in [0.2, 0.25) is 0 Å². The van der Waals surface area contributed by atoms with Crippen LogP contribution in [0.15, 0.2) is 24.7 Å². The summed E-state index contributed by atoms with van der Waals surface area (Å²) in [5, 5.41) is 14.6. The molecule has 6 rings (SSSR count). The number of fused-ring (bicyclic) bond motifs is 1. The molecule has 4 unspecified atom stereocenters. The molecule has 3 N–H and O–H groups in total. The van der Waals surface area contributed by atoms with Crippen LogP contribution in [0.5, 0.6) is 0 Å². The minimum atomic E-state index is -0.226. The highest BCUT2D eigenvalue weighted by molar-refractivity contribution is 6.35. The number of hydrazine groups is 1. The normalized spacial score (nSPS) is 29.4. The monoisotopic (exact) mass is 541 g/mol. The van der Waals surface area contributed by atoms with E-state index in [1.807, 2.05) is 19.2 Å². The Kier molecular flexibility index (Phi) is 7.04. The number of hydrogen-bond donors (Lipinski definition) is 3. The van der Waals surface area contributed by atoms with Crippen LogP contribution in [-0.4, -0.2) is 48.3 Å². The van der Waals surface area contributed by atoms with Crippen LogP contribution in [0.3, 0.4) is 0 Å². The van der Waals surface area contributed by atoms with E-state index >= 15 is 0 Å². The van der Waals surface area contributed by atoms with Gasteiger partial charge in [-0.1, -0.05) is 23.2 Å². The molecule has 0 radical (unpaired) electrons. The van der Waals surface area contributed by atoms with Gasteiger partial charge in [-0.2, -0.15) is 5.26 Å². The molecule has 0 aromatic carbocycles. The Morgan fingerprint density at radius 3 is 2.73 bits per heavy atom. The molecule has 1 saturated carbocycles. The number of halogens is 2. The molecule has 0 bridgehead atoms. The van der Waals surface area contributed by atoms with Gasteiger partial charge < -0.3 is 15.0 Å². The van der Waals surface area contributed by atoms with E-state index in [1.165, 1.54) is 12.8 Å². The Hall–Kier alpha value is -1.99. The summed E-state index contributed by atoms with van der Waals surface area (Å²) < 4.78 is 6.47. The van der Waals surface area contributed by atoms with Gasteiger partial charge in [-0.15, -0.1) is 0 Å². The molecule has 2 aromatic rings. The Morgan fingerprint density at radius 2 is 2.00 bits per heavy atom. The van der Waals surface area contributed by atoms with Crippen molar-refractivity contribution in [1.29, 1.82) is 5.26 Å². The lowest BCUT2D eigenvalue weighted by atomic mass is 9.74. The molecule has 37 heavy (non-hydrogen) atoms. The molecular formula is C27H33Cl2N7O. The fourth-order valence-corrected chi connectivity index (χ4v) is 7.50. The lowest BCUT2D eigenvalue weighted by molar-refractivity contribution is -0.0370. The Balaban J connectivity index is 1.14. The largest absolute Gasteiger partial charge is 0.370 e. The fourth-order valence-electron chi connectivity index (χ4n) is 6.83. The SMILES string of the molecule is C[C@@H](OC1CCC2NNC(c3cnc(N4CC5(CCCNC5)C4)c(C#N)c3)C2C1)c1c(Cl)cncc1Cl. The topological polar surface area (TPSA) is 98.1 Å². The van der Waals surface area contributed by atoms with Gasteiger partial charge in [0.15, 0.2) is 0 Å². The first-order chi connectivity index (χ1) is 18.0. The van der Waals surface area contributed by atoms with E-state index < -0.39 is 0 Å². The highest BCUT2D eigenvalue weighted by Gasteiger charge is 2.45. The zero-order valence-corrected chi connectivity index (χ0v) is 22.5. The molecule has 5 heterocycles. The van der Waals surface area contributed by atoms with Crippen LogP contribution in [0.4, 0.5) is 5.82 Å². The molecule has 2 aromatic heterocycles. The first kappa shape index (κ1) is 25.3. The van der Waals surface area contributed by atoms with Crippen molar-refractivity contribution < 1.29 is 4.74 Å². The number of ether oxygens (including phenoxy) is 1. The van der Waals surface area contributed by atoms with E-state index in [0.717, 1.165) is 62.4 Å². The second-order valence-electron chi connectivity index (χ2n) is 11.2. The van der Waals surface area contributed by atoms with Gasteiger partial charge in [-0.25, -0.2) is 10.4 Å². The molecule has 3 aliphatic heterocycles. The molecule has 4 fully saturated rings. The number of nitrogens with one attached hydrogen (secondary N) is 3. The average Bonchev–Trinajstić information content (AvgIpc) is 3.30. The van der Waals surface area contributed by atoms with E-state index in [1.54, 1.807) is 12.4 Å². The fraction of sp³-hybridized carbons (Fsp3) is 0.593. The standard InChI is InChI=1S/C27H33Cl2N7O/c1-16(24-21(28)11-32-12-22(24)29)37-19-3-4-23-20(8-19)25(35-34-23)18-7-17(9-30)26(33-10-18)36-14-27(15-36)5-2-6-31-13-27/h7,10-12,16,19-20,23,25,31,34-35H,2-6,8,13-15H2,1H3/t16-,19?,20?,23?,25?/m1/s1. The van der Waals surface area contributed by atoms with E-state index in [0.29, 0.717) is 33.0 Å². The van der Waals surface area contributed by atoms with Crippen LogP contribution >= 0.6 is 23.2 Å². The molecule has 1 aliphatic carbocycles. The van der Waals surface area contributed by atoms with Crippen molar-refractivity contribution in [2.45, 2.75) is 63.3 Å². The summed E-state index contributed by atoms with van der Waals surface area (Å²) in [6.07, 6.45) is 10.4. The number of aromatic nitrogens is 2. The summed E-state index contributed by atoms with van der Waals surface area (Å²) >= 11 is 12.7. The minimum absolute atomic E-state index is 0.0683. The van der Waals surface area contributed by atoms with E-state index in [4.69, 9.17) is 32.9 Å². The average molecular weight is 543 g/mol. The third-order valence-corrected chi connectivity index (χ3v) is 9.28. The van der Waals surface area contributed by atoms with Crippen LogP contribution in [0.1, 0.15) is 67.9 Å². The van der Waals surface area contributed by atoms with E-state index in [9.17, 15) is 5.26 Å². The maximum atomic E-state index is 9.97. The van der Waals surface area contributed by atoms with E-state index in [2.05, 4.69) is 32.1 Å². The number of pyridine rings is 2. The van der Waals surface area contributed by atoms with Crippen LogP contribution in [0.2, 0.25) is 10.0 Å². The molecule has 4 aliphatic rings. The zero-order chi connectivity index (χ0) is 25.6. The van der Waals surface area contributed by atoms with Gasteiger partial charge in [0, 0.05) is 55.2 Å². The second kappa shape index (κ2) is 10.3. The molecule has 3 saturated heterocycles. The number of piperidine rings is 1. The first-order valence-corrected chi connectivity index (χ1v) is 14.0. The molecule has 8 nitrogen and oxygen atoms in total. The van der Waals surface area contributed by atoms with Crippen molar-refractivity contribution in [1.82, 2.24) is 26.1 Å². The summed E-state index contributed by atoms with van der Waals surface area (Å²) in [6, 6.07) is 4.86. The number of nitrogens with zero attached hydrogens (tertiary/aromatic N) is 4. The Labute approximate surface area is 228 Å². The summed E-state index contributed by atoms with van der Waals surface area (Å²) in [5.74, 6) is 1.14. The van der Waals surface area contributed by atoms with Crippen molar-refractivity contribution in [3.05, 3.63) is 51.4 Å². The number of nitriles is 1. The van der Waals surface area contributed by atoms with Crippen LogP contribution in [-0.2, 0) is 4.74 Å². The molecule has 1 spiro atoms. The highest BCUT2D eigenvalue weighted by Crippen LogP contribution is 2.43. The lowest BCUT2D eigenvalue weighted by Crippen LogP contribution is -2.62. The third kappa shape index (κ3) is 4.82. The Morgan fingerprint density at radius 1 is 1.19 bits per heavy atom. The zero-order valence-electron chi connectivity index (χ0n) is 21.0. The third-order valence-electron chi connectivity index (χ3n) is 8.68. The predicted octanol–water partition coefficient (Wildman–Crippen LogP) is 4.31. The molecule has 0 amide bonds. The minimum Gasteiger partial charge on any atom is -0.370 e. The van der Waals surface area contributed by atoms with E-state index in [-0.39, 0.29) is 18.2 Å². The summed E-state index contributed by atoms with van der Waals surface area (Å²) in [5.41, 5.74) is 9.80. The maximum absolute atomic E-state index is 9.97. The highest BCUT2D eigenvalue weighted by atomic mass is 35.5. The van der Waals surface area contributed by atoms with Crippen molar-refractivity contribution in [2.24, 2.45) is 11.3 Å². The van der Waals surface area contributed by atoms with Gasteiger partial charge in [0.1, 0.15) is 11.9 Å². The predicted molar refractivity (Wildman–Crippen MR) is 143 cm³/mol. The van der Waals surface area contributed by atoms with Crippen LogP contribution in [0, 0.1) is 22.7 Å². The first-order valence-electron chi connectivity index (χ1n) is 13.3. The van der Waals surface area contributed by atoms with Crippen molar-refractivity contribution in [3.8, 4) is 6.07 Å².